The number of hydrogen-bond acceptors (Lipinski definition) is 3. The molecule has 1 aromatic carbocycles. The van der Waals surface area contributed by atoms with E-state index < -0.39 is 5.97 Å². The third-order valence-electron chi connectivity index (χ3n) is 3.64. The van der Waals surface area contributed by atoms with Crippen molar-refractivity contribution in [1.82, 2.24) is 0 Å². The van der Waals surface area contributed by atoms with Crippen molar-refractivity contribution in [3.05, 3.63) is 29.8 Å². The van der Waals surface area contributed by atoms with E-state index in [1.807, 2.05) is 24.3 Å². The molecule has 0 spiro atoms. The van der Waals surface area contributed by atoms with E-state index in [1.165, 1.54) is 0 Å². The van der Waals surface area contributed by atoms with Gasteiger partial charge in [-0.1, -0.05) is 12.1 Å². The number of rotatable bonds is 6. The zero-order chi connectivity index (χ0) is 14.5. The first-order chi connectivity index (χ1) is 9.60. The lowest BCUT2D eigenvalue weighted by Crippen LogP contribution is -2.25. The Kier molecular flexibility index (Phi) is 4.74. The van der Waals surface area contributed by atoms with Crippen molar-refractivity contribution >= 4 is 17.6 Å². The molecule has 0 bridgehead atoms. The monoisotopic (exact) mass is 276 g/mol. The maximum atomic E-state index is 11.9. The number of aliphatic carboxylic acids is 1. The molecule has 0 aliphatic carbocycles. The average Bonchev–Trinajstić information content (AvgIpc) is 2.80. The third kappa shape index (κ3) is 3.57. The molecule has 108 valence electrons. The molecule has 1 saturated heterocycles. The summed E-state index contributed by atoms with van der Waals surface area (Å²) in [5.41, 5.74) is 7.60. The fourth-order valence-electron chi connectivity index (χ4n) is 2.48. The molecule has 5 heteroatoms. The normalized spacial score (nSPS) is 18.6. The summed E-state index contributed by atoms with van der Waals surface area (Å²) in [6.07, 6.45) is 2.08. The highest BCUT2D eigenvalue weighted by molar-refractivity contribution is 5.95. The Morgan fingerprint density at radius 1 is 1.35 bits per heavy atom. The van der Waals surface area contributed by atoms with Crippen molar-refractivity contribution in [3.63, 3.8) is 0 Å². The number of carboxylic acids is 1. The van der Waals surface area contributed by atoms with Crippen molar-refractivity contribution < 1.29 is 14.7 Å². The molecule has 1 atom stereocenters. The minimum absolute atomic E-state index is 0.124. The molecule has 1 aliphatic rings. The minimum atomic E-state index is -0.767. The first-order valence-corrected chi connectivity index (χ1v) is 6.91. The lowest BCUT2D eigenvalue weighted by Gasteiger charge is -2.17. The van der Waals surface area contributed by atoms with Crippen molar-refractivity contribution in [2.45, 2.75) is 25.7 Å². The van der Waals surface area contributed by atoms with Crippen LogP contribution >= 0.6 is 0 Å². The second-order valence-electron chi connectivity index (χ2n) is 5.22. The van der Waals surface area contributed by atoms with Gasteiger partial charge < -0.3 is 15.7 Å². The molecule has 2 rings (SSSR count). The summed E-state index contributed by atoms with van der Waals surface area (Å²) in [7, 11) is 0. The second kappa shape index (κ2) is 6.52. The van der Waals surface area contributed by atoms with Gasteiger partial charge in [0, 0.05) is 25.1 Å². The quantitative estimate of drug-likeness (QED) is 0.822. The van der Waals surface area contributed by atoms with Crippen LogP contribution < -0.4 is 10.6 Å². The van der Waals surface area contributed by atoms with Crippen molar-refractivity contribution in [2.75, 3.05) is 18.0 Å². The molecule has 0 radical (unpaired) electrons. The number of carboxylic acid groups (broad SMARTS) is 1. The van der Waals surface area contributed by atoms with Gasteiger partial charge in [0.15, 0.2) is 0 Å². The molecule has 0 aromatic heterocycles. The standard InChI is InChI=1S/C15H20N2O3/c16-9-12-8-14(18)17(10-12)13-6-4-11(5-7-13)2-1-3-15(19)20/h4-7,12H,1-3,8-10,16H2,(H,19,20). The average molecular weight is 276 g/mol. The Balaban J connectivity index is 1.94. The van der Waals surface area contributed by atoms with E-state index >= 15 is 0 Å². The highest BCUT2D eigenvalue weighted by Gasteiger charge is 2.29. The predicted molar refractivity (Wildman–Crippen MR) is 76.5 cm³/mol. The van der Waals surface area contributed by atoms with Crippen molar-refractivity contribution in [2.24, 2.45) is 11.7 Å². The van der Waals surface area contributed by atoms with Crippen LogP contribution in [0.4, 0.5) is 5.69 Å². The lowest BCUT2D eigenvalue weighted by molar-refractivity contribution is -0.137. The van der Waals surface area contributed by atoms with E-state index in [9.17, 15) is 9.59 Å². The SMILES string of the molecule is NCC1CC(=O)N(c2ccc(CCCC(=O)O)cc2)C1. The summed E-state index contributed by atoms with van der Waals surface area (Å²) in [5.74, 6) is -0.395. The Hall–Kier alpha value is -1.88. The summed E-state index contributed by atoms with van der Waals surface area (Å²) in [4.78, 5) is 24.1. The number of hydrogen-bond donors (Lipinski definition) is 2. The highest BCUT2D eigenvalue weighted by Crippen LogP contribution is 2.25. The van der Waals surface area contributed by atoms with Crippen molar-refractivity contribution in [1.29, 1.82) is 0 Å². The van der Waals surface area contributed by atoms with Gasteiger partial charge in [-0.3, -0.25) is 9.59 Å². The van der Waals surface area contributed by atoms with Gasteiger partial charge in [0.05, 0.1) is 0 Å². The zero-order valence-corrected chi connectivity index (χ0v) is 11.4. The molecule has 1 heterocycles. The number of carbonyl (C=O) groups is 2. The summed E-state index contributed by atoms with van der Waals surface area (Å²) >= 11 is 0. The highest BCUT2D eigenvalue weighted by atomic mass is 16.4. The number of nitrogens with two attached hydrogens (primary N) is 1. The molecule has 20 heavy (non-hydrogen) atoms. The molecule has 1 fully saturated rings. The van der Waals surface area contributed by atoms with Crippen LogP contribution in [-0.4, -0.2) is 30.1 Å². The number of amides is 1. The molecule has 1 aliphatic heterocycles. The van der Waals surface area contributed by atoms with E-state index in [-0.39, 0.29) is 18.2 Å². The third-order valence-corrected chi connectivity index (χ3v) is 3.64. The number of aryl methyl sites for hydroxylation is 1. The van der Waals surface area contributed by atoms with Crippen LogP contribution in [0.2, 0.25) is 0 Å². The van der Waals surface area contributed by atoms with Gasteiger partial charge in [-0.15, -0.1) is 0 Å². The van der Waals surface area contributed by atoms with Crippen LogP contribution in [0.25, 0.3) is 0 Å². The Labute approximate surface area is 118 Å². The number of anilines is 1. The number of nitrogens with zero attached hydrogens (tertiary/aromatic N) is 1. The first-order valence-electron chi connectivity index (χ1n) is 6.91. The van der Waals surface area contributed by atoms with Crippen LogP contribution in [0, 0.1) is 5.92 Å². The van der Waals surface area contributed by atoms with Gasteiger partial charge in [0.2, 0.25) is 5.91 Å². The zero-order valence-electron chi connectivity index (χ0n) is 11.4. The van der Waals surface area contributed by atoms with E-state index in [0.717, 1.165) is 17.7 Å². The molecule has 0 saturated carbocycles. The van der Waals surface area contributed by atoms with Gasteiger partial charge >= 0.3 is 5.97 Å². The topological polar surface area (TPSA) is 83.6 Å². The largest absolute Gasteiger partial charge is 0.481 e. The Morgan fingerprint density at radius 3 is 2.60 bits per heavy atom. The maximum absolute atomic E-state index is 11.9. The minimum Gasteiger partial charge on any atom is -0.481 e. The molecular formula is C15H20N2O3. The van der Waals surface area contributed by atoms with Crippen molar-refractivity contribution in [3.8, 4) is 0 Å². The second-order valence-corrected chi connectivity index (χ2v) is 5.22. The van der Waals surface area contributed by atoms with E-state index in [2.05, 4.69) is 0 Å². The molecular weight excluding hydrogens is 256 g/mol. The Morgan fingerprint density at radius 2 is 2.05 bits per heavy atom. The van der Waals surface area contributed by atoms with Crippen LogP contribution in [0.15, 0.2) is 24.3 Å². The summed E-state index contributed by atoms with van der Waals surface area (Å²) in [6.45, 7) is 1.23. The van der Waals surface area contributed by atoms with Gasteiger partial charge in [-0.2, -0.15) is 0 Å². The number of benzene rings is 1. The van der Waals surface area contributed by atoms with Crippen LogP contribution in [0.3, 0.4) is 0 Å². The molecule has 1 unspecified atom stereocenters. The van der Waals surface area contributed by atoms with Crippen LogP contribution in [-0.2, 0) is 16.0 Å². The van der Waals surface area contributed by atoms with Crippen LogP contribution in [0.1, 0.15) is 24.8 Å². The van der Waals surface area contributed by atoms with Gasteiger partial charge in [-0.25, -0.2) is 0 Å². The lowest BCUT2D eigenvalue weighted by atomic mass is 10.1. The van der Waals surface area contributed by atoms with E-state index in [0.29, 0.717) is 25.9 Å². The van der Waals surface area contributed by atoms with Gasteiger partial charge in [0.1, 0.15) is 0 Å². The predicted octanol–water partition coefficient (Wildman–Crippen LogP) is 1.41. The van der Waals surface area contributed by atoms with Gasteiger partial charge in [0.25, 0.3) is 0 Å². The van der Waals surface area contributed by atoms with Crippen LogP contribution in [0.5, 0.6) is 0 Å². The maximum Gasteiger partial charge on any atom is 0.303 e. The summed E-state index contributed by atoms with van der Waals surface area (Å²) in [5, 5.41) is 8.60. The van der Waals surface area contributed by atoms with E-state index in [1.54, 1.807) is 4.90 Å². The molecule has 5 nitrogen and oxygen atoms in total. The summed E-state index contributed by atoms with van der Waals surface area (Å²) in [6, 6.07) is 7.76. The fraction of sp³-hybridized carbons (Fsp3) is 0.467. The first kappa shape index (κ1) is 14.5. The Bertz CT molecular complexity index is 484. The molecule has 1 amide bonds. The summed E-state index contributed by atoms with van der Waals surface area (Å²) < 4.78 is 0. The molecule has 3 N–H and O–H groups in total. The fourth-order valence-corrected chi connectivity index (χ4v) is 2.48. The smallest absolute Gasteiger partial charge is 0.303 e. The number of carbonyl (C=O) groups excluding carboxylic acids is 1. The molecule has 1 aromatic rings. The van der Waals surface area contributed by atoms with E-state index in [4.69, 9.17) is 10.8 Å². The van der Waals surface area contributed by atoms with Gasteiger partial charge in [-0.05, 0) is 43.0 Å².